The summed E-state index contributed by atoms with van der Waals surface area (Å²) in [6.45, 7) is 0. The Morgan fingerprint density at radius 2 is 1.90 bits per heavy atom. The van der Waals surface area contributed by atoms with Crippen molar-refractivity contribution in [1.29, 1.82) is 0 Å². The molecule has 5 nitrogen and oxygen atoms in total. The van der Waals surface area contributed by atoms with E-state index in [-0.39, 0.29) is 6.04 Å². The maximum atomic E-state index is 6.04. The Kier molecular flexibility index (Phi) is 3.94. The number of nitrogens with one attached hydrogen (secondary N) is 1. The van der Waals surface area contributed by atoms with Crippen LogP contribution in [-0.2, 0) is 6.42 Å². The molecule has 0 aliphatic heterocycles. The number of nitrogens with two attached hydrogens (primary N) is 1. The first-order valence-corrected chi connectivity index (χ1v) is 6.94. The van der Waals surface area contributed by atoms with Gasteiger partial charge in [0.15, 0.2) is 5.82 Å². The second-order valence-electron chi connectivity index (χ2n) is 4.79. The molecule has 0 aliphatic carbocycles. The van der Waals surface area contributed by atoms with Gasteiger partial charge in [0.05, 0.1) is 6.04 Å². The highest BCUT2D eigenvalue weighted by atomic mass is 35.5. The fraction of sp³-hybridized carbons (Fsp3) is 0.133. The van der Waals surface area contributed by atoms with Crippen molar-refractivity contribution in [3.63, 3.8) is 0 Å². The van der Waals surface area contributed by atoms with E-state index in [1.165, 1.54) is 0 Å². The molecule has 0 saturated carbocycles. The molecule has 3 aromatic rings. The second-order valence-corrected chi connectivity index (χ2v) is 5.22. The summed E-state index contributed by atoms with van der Waals surface area (Å²) in [5.74, 6) is 0.522. The molecule has 1 heterocycles. The summed E-state index contributed by atoms with van der Waals surface area (Å²) in [4.78, 5) is 0. The lowest BCUT2D eigenvalue weighted by atomic mass is 10.0. The van der Waals surface area contributed by atoms with Gasteiger partial charge in [-0.3, -0.25) is 0 Å². The fourth-order valence-electron chi connectivity index (χ4n) is 2.17. The van der Waals surface area contributed by atoms with E-state index in [4.69, 9.17) is 17.3 Å². The minimum atomic E-state index is -0.263. The minimum absolute atomic E-state index is 0.263. The maximum absolute atomic E-state index is 6.04. The van der Waals surface area contributed by atoms with Gasteiger partial charge in [-0.2, -0.15) is 5.21 Å². The van der Waals surface area contributed by atoms with Crippen LogP contribution in [0.1, 0.15) is 17.4 Å². The molecule has 3 N–H and O–H groups in total. The van der Waals surface area contributed by atoms with Crippen LogP contribution in [0.2, 0.25) is 5.02 Å². The molecule has 106 valence electrons. The van der Waals surface area contributed by atoms with Crippen molar-refractivity contribution in [2.24, 2.45) is 5.73 Å². The first-order chi connectivity index (χ1) is 10.2. The zero-order valence-corrected chi connectivity index (χ0v) is 12.0. The highest BCUT2D eigenvalue weighted by molar-refractivity contribution is 6.30. The molecule has 0 bridgehead atoms. The minimum Gasteiger partial charge on any atom is -0.321 e. The lowest BCUT2D eigenvalue weighted by molar-refractivity contribution is 0.669. The number of aromatic amines is 1. The third kappa shape index (κ3) is 3.26. The lowest BCUT2D eigenvalue weighted by Crippen LogP contribution is -2.15. The molecule has 1 aromatic heterocycles. The summed E-state index contributed by atoms with van der Waals surface area (Å²) in [6.07, 6.45) is 0.662. The van der Waals surface area contributed by atoms with Crippen molar-refractivity contribution >= 4 is 11.6 Å². The second kappa shape index (κ2) is 6.03. The van der Waals surface area contributed by atoms with Crippen LogP contribution in [0.5, 0.6) is 0 Å². The van der Waals surface area contributed by atoms with Gasteiger partial charge in [0, 0.05) is 5.02 Å². The predicted octanol–water partition coefficient (Wildman–Crippen LogP) is 2.76. The Morgan fingerprint density at radius 1 is 1.10 bits per heavy atom. The van der Waals surface area contributed by atoms with Crippen LogP contribution >= 0.6 is 11.6 Å². The standard InChI is InChI=1S/C15H14ClN5/c16-13-3-1-2-12(9-13)11-6-4-10(5-7-11)8-14(17)15-18-20-21-19-15/h1-7,9,14H,8,17H2,(H,18,19,20,21). The molecule has 0 fully saturated rings. The average Bonchev–Trinajstić information content (AvgIpc) is 3.02. The molecule has 1 unspecified atom stereocenters. The van der Waals surface area contributed by atoms with E-state index in [1.807, 2.05) is 24.3 Å². The summed E-state index contributed by atoms with van der Waals surface area (Å²) < 4.78 is 0. The third-order valence-electron chi connectivity index (χ3n) is 3.26. The normalized spacial score (nSPS) is 12.3. The van der Waals surface area contributed by atoms with Crippen molar-refractivity contribution in [2.45, 2.75) is 12.5 Å². The fourth-order valence-corrected chi connectivity index (χ4v) is 2.36. The van der Waals surface area contributed by atoms with Crippen molar-refractivity contribution in [1.82, 2.24) is 20.6 Å². The number of aromatic nitrogens is 4. The highest BCUT2D eigenvalue weighted by Gasteiger charge is 2.11. The Hall–Kier alpha value is -2.24. The number of nitrogens with zero attached hydrogens (tertiary/aromatic N) is 3. The lowest BCUT2D eigenvalue weighted by Gasteiger charge is -2.08. The van der Waals surface area contributed by atoms with E-state index >= 15 is 0 Å². The Balaban J connectivity index is 1.75. The van der Waals surface area contributed by atoms with Gasteiger partial charge in [-0.1, -0.05) is 53.2 Å². The van der Waals surface area contributed by atoms with Crippen molar-refractivity contribution < 1.29 is 0 Å². The number of hydrogen-bond acceptors (Lipinski definition) is 4. The van der Waals surface area contributed by atoms with Crippen molar-refractivity contribution in [2.75, 3.05) is 0 Å². The summed E-state index contributed by atoms with van der Waals surface area (Å²) in [6, 6.07) is 15.7. The smallest absolute Gasteiger partial charge is 0.191 e. The summed E-state index contributed by atoms with van der Waals surface area (Å²) >= 11 is 6.01. The van der Waals surface area contributed by atoms with Gasteiger partial charge in [-0.05, 0) is 35.2 Å². The third-order valence-corrected chi connectivity index (χ3v) is 3.50. The summed E-state index contributed by atoms with van der Waals surface area (Å²) in [5.41, 5.74) is 9.38. The van der Waals surface area contributed by atoms with Crippen molar-refractivity contribution in [3.8, 4) is 11.1 Å². The Morgan fingerprint density at radius 3 is 2.57 bits per heavy atom. The topological polar surface area (TPSA) is 80.5 Å². The molecule has 6 heteroatoms. The number of H-pyrrole nitrogens is 1. The number of tetrazole rings is 1. The first kappa shape index (κ1) is 13.7. The Bertz CT molecular complexity index is 709. The van der Waals surface area contributed by atoms with Gasteiger partial charge in [-0.15, -0.1) is 10.2 Å². The van der Waals surface area contributed by atoms with Crippen molar-refractivity contribution in [3.05, 3.63) is 64.9 Å². The number of halogens is 1. The van der Waals surface area contributed by atoms with Gasteiger partial charge in [0.25, 0.3) is 0 Å². The van der Waals surface area contributed by atoms with Gasteiger partial charge in [-0.25, -0.2) is 0 Å². The molecular weight excluding hydrogens is 286 g/mol. The van der Waals surface area contributed by atoms with E-state index in [9.17, 15) is 0 Å². The monoisotopic (exact) mass is 299 g/mol. The summed E-state index contributed by atoms with van der Waals surface area (Å²) in [5, 5.41) is 14.5. The number of benzene rings is 2. The van der Waals surface area contributed by atoms with E-state index in [2.05, 4.69) is 44.9 Å². The molecule has 0 aliphatic rings. The van der Waals surface area contributed by atoms with E-state index < -0.39 is 0 Å². The Labute approximate surface area is 127 Å². The molecule has 0 spiro atoms. The SMILES string of the molecule is NC(Cc1ccc(-c2cccc(Cl)c2)cc1)c1nn[nH]n1. The maximum Gasteiger partial charge on any atom is 0.191 e. The molecule has 0 amide bonds. The van der Waals surface area contributed by atoms with Crippen LogP contribution in [0.15, 0.2) is 48.5 Å². The van der Waals surface area contributed by atoms with Gasteiger partial charge < -0.3 is 5.73 Å². The van der Waals surface area contributed by atoms with E-state index in [1.54, 1.807) is 0 Å². The first-order valence-electron chi connectivity index (χ1n) is 6.56. The molecule has 0 saturated heterocycles. The van der Waals surface area contributed by atoms with Crippen LogP contribution in [0.25, 0.3) is 11.1 Å². The molecule has 1 atom stereocenters. The quantitative estimate of drug-likeness (QED) is 0.776. The predicted molar refractivity (Wildman–Crippen MR) is 81.7 cm³/mol. The zero-order valence-electron chi connectivity index (χ0n) is 11.2. The molecular formula is C15H14ClN5. The molecule has 3 rings (SSSR count). The molecule has 2 aromatic carbocycles. The average molecular weight is 300 g/mol. The molecule has 21 heavy (non-hydrogen) atoms. The van der Waals surface area contributed by atoms with Crippen LogP contribution < -0.4 is 5.73 Å². The van der Waals surface area contributed by atoms with Crippen LogP contribution in [0.4, 0.5) is 0 Å². The summed E-state index contributed by atoms with van der Waals surface area (Å²) in [7, 11) is 0. The number of hydrogen-bond donors (Lipinski definition) is 2. The van der Waals surface area contributed by atoms with Gasteiger partial charge >= 0.3 is 0 Å². The molecule has 0 radical (unpaired) electrons. The van der Waals surface area contributed by atoms with Gasteiger partial charge in [0.2, 0.25) is 0 Å². The van der Waals surface area contributed by atoms with E-state index in [0.717, 1.165) is 21.7 Å². The number of rotatable bonds is 4. The highest BCUT2D eigenvalue weighted by Crippen LogP contribution is 2.23. The van der Waals surface area contributed by atoms with E-state index in [0.29, 0.717) is 12.2 Å². The van der Waals surface area contributed by atoms with Crippen LogP contribution in [-0.4, -0.2) is 20.6 Å². The van der Waals surface area contributed by atoms with Crippen LogP contribution in [0.3, 0.4) is 0 Å². The van der Waals surface area contributed by atoms with Gasteiger partial charge in [0.1, 0.15) is 0 Å². The largest absolute Gasteiger partial charge is 0.321 e. The van der Waals surface area contributed by atoms with Crippen LogP contribution in [0, 0.1) is 0 Å². The zero-order chi connectivity index (χ0) is 14.7.